The number of alkyl halides is 2. The second-order valence-electron chi connectivity index (χ2n) is 5.24. The molecule has 0 aliphatic heterocycles. The maximum atomic E-state index is 14.3. The van der Waals surface area contributed by atoms with Crippen molar-refractivity contribution in [2.45, 2.75) is 36.9 Å². The summed E-state index contributed by atoms with van der Waals surface area (Å²) in [6, 6.07) is 2.83. The molecule has 7 heteroatoms. The normalized spacial score (nSPS) is 19.9. The summed E-state index contributed by atoms with van der Waals surface area (Å²) >= 11 is 5.88. The standard InChI is InChI=1S/C13H13ClF2N2O2/c14-8-4-7-6-17-18-10(7)9(5-8)11(19)13(15,16)12(20)2-1-3-12/h4-6,11,19-20H,1-3H2,(H,17,18). The molecule has 1 atom stereocenters. The van der Waals surface area contributed by atoms with Crippen LogP contribution in [-0.4, -0.2) is 31.9 Å². The minimum atomic E-state index is -3.64. The lowest BCUT2D eigenvalue weighted by molar-refractivity contribution is -0.260. The number of nitrogens with zero attached hydrogens (tertiary/aromatic N) is 1. The van der Waals surface area contributed by atoms with E-state index in [0.717, 1.165) is 0 Å². The largest absolute Gasteiger partial charge is 0.383 e. The predicted octanol–water partition coefficient (Wildman–Crippen LogP) is 2.80. The van der Waals surface area contributed by atoms with Gasteiger partial charge in [-0.15, -0.1) is 0 Å². The van der Waals surface area contributed by atoms with Gasteiger partial charge in [0.2, 0.25) is 0 Å². The molecule has 0 radical (unpaired) electrons. The third kappa shape index (κ3) is 1.82. The smallest absolute Gasteiger partial charge is 0.305 e. The van der Waals surface area contributed by atoms with Gasteiger partial charge < -0.3 is 10.2 Å². The Hall–Kier alpha value is -1.24. The van der Waals surface area contributed by atoms with Crippen LogP contribution >= 0.6 is 11.6 Å². The summed E-state index contributed by atoms with van der Waals surface area (Å²) in [5.41, 5.74) is -1.92. The van der Waals surface area contributed by atoms with Crippen molar-refractivity contribution in [3.8, 4) is 0 Å². The van der Waals surface area contributed by atoms with Crippen LogP contribution in [0.1, 0.15) is 30.9 Å². The van der Waals surface area contributed by atoms with E-state index in [-0.39, 0.29) is 23.4 Å². The number of aliphatic hydroxyl groups excluding tert-OH is 1. The van der Waals surface area contributed by atoms with Gasteiger partial charge in [0.25, 0.3) is 0 Å². The van der Waals surface area contributed by atoms with Crippen LogP contribution in [0.15, 0.2) is 18.3 Å². The number of aromatic nitrogens is 2. The Bertz CT molecular complexity index is 655. The highest BCUT2D eigenvalue weighted by Gasteiger charge is 2.60. The molecule has 0 amide bonds. The van der Waals surface area contributed by atoms with E-state index < -0.39 is 17.6 Å². The van der Waals surface area contributed by atoms with Gasteiger partial charge in [-0.1, -0.05) is 11.6 Å². The molecule has 108 valence electrons. The van der Waals surface area contributed by atoms with Gasteiger partial charge in [-0.3, -0.25) is 5.10 Å². The number of hydrogen-bond donors (Lipinski definition) is 3. The van der Waals surface area contributed by atoms with Crippen molar-refractivity contribution >= 4 is 22.5 Å². The molecule has 1 aliphatic carbocycles. The molecule has 3 rings (SSSR count). The molecule has 0 bridgehead atoms. The first-order chi connectivity index (χ1) is 9.35. The highest BCUT2D eigenvalue weighted by Crippen LogP contribution is 2.50. The van der Waals surface area contributed by atoms with E-state index in [1.807, 2.05) is 0 Å². The number of benzene rings is 1. The maximum Gasteiger partial charge on any atom is 0.305 e. The van der Waals surface area contributed by atoms with E-state index in [4.69, 9.17) is 11.6 Å². The van der Waals surface area contributed by atoms with Crippen molar-refractivity contribution in [2.75, 3.05) is 0 Å². The number of aliphatic hydroxyl groups is 2. The molecule has 4 nitrogen and oxygen atoms in total. The molecule has 1 fully saturated rings. The molecule has 1 aliphatic rings. The second kappa shape index (κ2) is 4.38. The topological polar surface area (TPSA) is 69.1 Å². The summed E-state index contributed by atoms with van der Waals surface area (Å²) < 4.78 is 28.6. The second-order valence-corrected chi connectivity index (χ2v) is 5.68. The van der Waals surface area contributed by atoms with Gasteiger partial charge in [0.15, 0.2) is 0 Å². The zero-order valence-corrected chi connectivity index (χ0v) is 11.2. The quantitative estimate of drug-likeness (QED) is 0.816. The monoisotopic (exact) mass is 302 g/mol. The van der Waals surface area contributed by atoms with Crippen molar-refractivity contribution in [3.05, 3.63) is 28.9 Å². The average Bonchev–Trinajstić information content (AvgIpc) is 2.81. The van der Waals surface area contributed by atoms with Crippen molar-refractivity contribution in [2.24, 2.45) is 0 Å². The van der Waals surface area contributed by atoms with Crippen LogP contribution in [0.3, 0.4) is 0 Å². The van der Waals surface area contributed by atoms with E-state index in [1.54, 1.807) is 6.07 Å². The van der Waals surface area contributed by atoms with Gasteiger partial charge in [0, 0.05) is 16.0 Å². The lowest BCUT2D eigenvalue weighted by Crippen LogP contribution is -2.56. The van der Waals surface area contributed by atoms with E-state index in [0.29, 0.717) is 17.3 Å². The van der Waals surface area contributed by atoms with Crippen molar-refractivity contribution in [1.82, 2.24) is 10.2 Å². The Kier molecular flexibility index (Phi) is 3.00. The highest BCUT2D eigenvalue weighted by atomic mass is 35.5. The number of hydrogen-bond acceptors (Lipinski definition) is 3. The fraction of sp³-hybridized carbons (Fsp3) is 0.462. The molecule has 1 heterocycles. The van der Waals surface area contributed by atoms with Gasteiger partial charge in [-0.25, -0.2) is 8.78 Å². The molecule has 20 heavy (non-hydrogen) atoms. The highest BCUT2D eigenvalue weighted by molar-refractivity contribution is 6.31. The Morgan fingerprint density at radius 2 is 2.10 bits per heavy atom. The fourth-order valence-corrected chi connectivity index (χ4v) is 2.79. The van der Waals surface area contributed by atoms with Crippen LogP contribution in [-0.2, 0) is 0 Å². The van der Waals surface area contributed by atoms with Crippen LogP contribution in [0.2, 0.25) is 5.02 Å². The third-order valence-electron chi connectivity index (χ3n) is 3.98. The predicted molar refractivity (Wildman–Crippen MR) is 69.8 cm³/mol. The number of fused-ring (bicyclic) bond motifs is 1. The molecule has 1 aromatic heterocycles. The molecule has 1 aromatic carbocycles. The van der Waals surface area contributed by atoms with Crippen LogP contribution < -0.4 is 0 Å². The minimum Gasteiger partial charge on any atom is -0.383 e. The Morgan fingerprint density at radius 1 is 1.40 bits per heavy atom. The maximum absolute atomic E-state index is 14.3. The number of H-pyrrole nitrogens is 1. The first-order valence-electron chi connectivity index (χ1n) is 6.26. The molecule has 0 spiro atoms. The van der Waals surface area contributed by atoms with Gasteiger partial charge in [-0.2, -0.15) is 5.10 Å². The van der Waals surface area contributed by atoms with Crippen molar-refractivity contribution < 1.29 is 19.0 Å². The van der Waals surface area contributed by atoms with Crippen molar-refractivity contribution in [3.63, 3.8) is 0 Å². The summed E-state index contributed by atoms with van der Waals surface area (Å²) in [5.74, 6) is -3.64. The van der Waals surface area contributed by atoms with Gasteiger partial charge in [0.1, 0.15) is 11.7 Å². The van der Waals surface area contributed by atoms with Crippen LogP contribution in [0.5, 0.6) is 0 Å². The number of rotatable bonds is 3. The van der Waals surface area contributed by atoms with Gasteiger partial charge in [-0.05, 0) is 31.4 Å². The zero-order valence-electron chi connectivity index (χ0n) is 10.4. The summed E-state index contributed by atoms with van der Waals surface area (Å²) in [6.45, 7) is 0. The molecule has 2 aromatic rings. The van der Waals surface area contributed by atoms with E-state index in [9.17, 15) is 19.0 Å². The van der Waals surface area contributed by atoms with Gasteiger partial charge >= 0.3 is 5.92 Å². The minimum absolute atomic E-state index is 0.0241. The Morgan fingerprint density at radius 3 is 2.70 bits per heavy atom. The van der Waals surface area contributed by atoms with Gasteiger partial charge in [0.05, 0.1) is 11.7 Å². The average molecular weight is 303 g/mol. The summed E-state index contributed by atoms with van der Waals surface area (Å²) in [7, 11) is 0. The third-order valence-corrected chi connectivity index (χ3v) is 4.20. The Balaban J connectivity index is 2.08. The number of nitrogens with one attached hydrogen (secondary N) is 1. The lowest BCUT2D eigenvalue weighted by Gasteiger charge is -2.44. The first-order valence-corrected chi connectivity index (χ1v) is 6.64. The summed E-state index contributed by atoms with van der Waals surface area (Å²) in [6.07, 6.45) is -0.232. The fourth-order valence-electron chi connectivity index (χ4n) is 2.56. The molecule has 3 N–H and O–H groups in total. The van der Waals surface area contributed by atoms with Crippen molar-refractivity contribution in [1.29, 1.82) is 0 Å². The molecule has 1 unspecified atom stereocenters. The molecular formula is C13H13ClF2N2O2. The first kappa shape index (κ1) is 13.7. The lowest BCUT2D eigenvalue weighted by atomic mass is 9.72. The summed E-state index contributed by atoms with van der Waals surface area (Å²) in [5, 5.41) is 27.1. The van der Waals surface area contributed by atoms with Crippen LogP contribution in [0.25, 0.3) is 10.9 Å². The van der Waals surface area contributed by atoms with E-state index in [2.05, 4.69) is 10.2 Å². The van der Waals surface area contributed by atoms with E-state index in [1.165, 1.54) is 12.3 Å². The van der Waals surface area contributed by atoms with E-state index >= 15 is 0 Å². The SMILES string of the molecule is OC(c1cc(Cl)cc2cn[nH]c12)C(F)(F)C1(O)CCC1. The number of aromatic amines is 1. The summed E-state index contributed by atoms with van der Waals surface area (Å²) in [4.78, 5) is 0. The Labute approximate surface area is 118 Å². The van der Waals surface area contributed by atoms with Crippen LogP contribution in [0, 0.1) is 0 Å². The zero-order chi connectivity index (χ0) is 14.5. The molecule has 0 saturated heterocycles. The van der Waals surface area contributed by atoms with Crippen LogP contribution in [0.4, 0.5) is 8.78 Å². The molecule has 1 saturated carbocycles. The molecular weight excluding hydrogens is 290 g/mol. The number of halogens is 3.